The van der Waals surface area contributed by atoms with Crippen LogP contribution in [0.2, 0.25) is 0 Å². The van der Waals surface area contributed by atoms with E-state index in [1.165, 1.54) is 12.5 Å². The lowest BCUT2D eigenvalue weighted by molar-refractivity contribution is -0.132. The van der Waals surface area contributed by atoms with Gasteiger partial charge in [0.15, 0.2) is 11.5 Å². The zero-order valence-corrected chi connectivity index (χ0v) is 15.5. The largest absolute Gasteiger partial charge is 0.493 e. The number of benzene rings is 1. The number of rotatable bonds is 5. The first-order valence-corrected chi connectivity index (χ1v) is 7.46. The van der Waals surface area contributed by atoms with E-state index in [2.05, 4.69) is 17.1 Å². The summed E-state index contributed by atoms with van der Waals surface area (Å²) in [6.07, 6.45) is 1.04. The molecule has 0 aliphatic carbocycles. The van der Waals surface area contributed by atoms with E-state index in [1.807, 2.05) is 18.2 Å². The fourth-order valence-corrected chi connectivity index (χ4v) is 2.83. The predicted octanol–water partition coefficient (Wildman–Crippen LogP) is 2.82. The Morgan fingerprint density at radius 1 is 1.26 bits per heavy atom. The van der Waals surface area contributed by atoms with Gasteiger partial charge in [-0.05, 0) is 24.1 Å². The zero-order chi connectivity index (χ0) is 15.2. The van der Waals surface area contributed by atoms with Crippen molar-refractivity contribution in [2.45, 2.75) is 26.3 Å². The minimum Gasteiger partial charge on any atom is -0.493 e. The van der Waals surface area contributed by atoms with Gasteiger partial charge in [-0.1, -0.05) is 13.0 Å². The first-order valence-electron chi connectivity index (χ1n) is 7.46. The SMILES string of the molecule is CC[C@@H](c1ccc(OC(C)=O)c(OC)c1)N1CCNCC1.Cl.Cl. The normalized spacial score (nSPS) is 15.8. The number of carbonyl (C=O) groups excluding carboxylic acids is 1. The van der Waals surface area contributed by atoms with Crippen LogP contribution in [0, 0.1) is 0 Å². The number of methoxy groups -OCH3 is 1. The molecule has 1 saturated heterocycles. The minimum absolute atomic E-state index is 0. The Morgan fingerprint density at radius 2 is 1.91 bits per heavy atom. The molecule has 5 nitrogen and oxygen atoms in total. The molecule has 1 fully saturated rings. The fourth-order valence-electron chi connectivity index (χ4n) is 2.83. The molecule has 23 heavy (non-hydrogen) atoms. The molecule has 1 N–H and O–H groups in total. The van der Waals surface area contributed by atoms with Crippen molar-refractivity contribution in [2.24, 2.45) is 0 Å². The first-order chi connectivity index (χ1) is 10.2. The molecule has 132 valence electrons. The summed E-state index contributed by atoms with van der Waals surface area (Å²) in [7, 11) is 1.60. The van der Waals surface area contributed by atoms with E-state index >= 15 is 0 Å². The van der Waals surface area contributed by atoms with Gasteiger partial charge in [0.1, 0.15) is 0 Å². The fraction of sp³-hybridized carbons (Fsp3) is 0.562. The average Bonchev–Trinajstić information content (AvgIpc) is 2.50. The molecule has 0 radical (unpaired) electrons. The number of hydrogen-bond acceptors (Lipinski definition) is 5. The second kappa shape index (κ2) is 10.7. The lowest BCUT2D eigenvalue weighted by Gasteiger charge is -2.35. The molecular weight excluding hydrogens is 339 g/mol. The lowest BCUT2D eigenvalue weighted by Crippen LogP contribution is -2.45. The number of carbonyl (C=O) groups is 1. The molecule has 7 heteroatoms. The van der Waals surface area contributed by atoms with Crippen molar-refractivity contribution in [2.75, 3.05) is 33.3 Å². The number of ether oxygens (including phenoxy) is 2. The molecule has 1 aliphatic rings. The highest BCUT2D eigenvalue weighted by Gasteiger charge is 2.22. The molecule has 0 aromatic heterocycles. The lowest BCUT2D eigenvalue weighted by atomic mass is 10.0. The summed E-state index contributed by atoms with van der Waals surface area (Å²) >= 11 is 0. The van der Waals surface area contributed by atoms with Crippen LogP contribution in [0.1, 0.15) is 31.9 Å². The van der Waals surface area contributed by atoms with Crippen LogP contribution in [0.3, 0.4) is 0 Å². The smallest absolute Gasteiger partial charge is 0.308 e. The molecule has 1 heterocycles. The van der Waals surface area contributed by atoms with Crippen LogP contribution < -0.4 is 14.8 Å². The number of esters is 1. The first kappa shape index (κ1) is 22.0. The van der Waals surface area contributed by atoms with Gasteiger partial charge in [0.05, 0.1) is 7.11 Å². The highest BCUT2D eigenvalue weighted by molar-refractivity contribution is 5.85. The van der Waals surface area contributed by atoms with Crippen molar-refractivity contribution in [3.63, 3.8) is 0 Å². The van der Waals surface area contributed by atoms with E-state index in [1.54, 1.807) is 7.11 Å². The molecular formula is C16H26Cl2N2O3. The quantitative estimate of drug-likeness (QED) is 0.642. The third-order valence-electron chi connectivity index (χ3n) is 3.81. The molecule has 0 saturated carbocycles. The molecule has 0 amide bonds. The van der Waals surface area contributed by atoms with E-state index in [0.717, 1.165) is 32.6 Å². The average molecular weight is 365 g/mol. The van der Waals surface area contributed by atoms with Crippen molar-refractivity contribution in [3.05, 3.63) is 23.8 Å². The number of piperazine rings is 1. The van der Waals surface area contributed by atoms with Gasteiger partial charge in [-0.15, -0.1) is 24.8 Å². The van der Waals surface area contributed by atoms with Gasteiger partial charge in [-0.3, -0.25) is 9.69 Å². The summed E-state index contributed by atoms with van der Waals surface area (Å²) in [6.45, 7) is 7.74. The van der Waals surface area contributed by atoms with Gasteiger partial charge in [-0.25, -0.2) is 0 Å². The van der Waals surface area contributed by atoms with Gasteiger partial charge in [-0.2, -0.15) is 0 Å². The highest BCUT2D eigenvalue weighted by Crippen LogP contribution is 2.33. The van der Waals surface area contributed by atoms with Crippen LogP contribution in [0.4, 0.5) is 0 Å². The number of hydrogen-bond donors (Lipinski definition) is 1. The Kier molecular flexibility index (Phi) is 10.2. The van der Waals surface area contributed by atoms with Crippen molar-refractivity contribution in [1.82, 2.24) is 10.2 Å². The summed E-state index contributed by atoms with van der Waals surface area (Å²) in [5, 5.41) is 3.37. The molecule has 0 unspecified atom stereocenters. The van der Waals surface area contributed by atoms with Crippen LogP contribution in [0.25, 0.3) is 0 Å². The highest BCUT2D eigenvalue weighted by atomic mass is 35.5. The van der Waals surface area contributed by atoms with Gasteiger partial charge in [0, 0.05) is 39.1 Å². The van der Waals surface area contributed by atoms with Gasteiger partial charge in [0.2, 0.25) is 0 Å². The minimum atomic E-state index is -0.338. The Labute approximate surface area is 150 Å². The van der Waals surface area contributed by atoms with Gasteiger partial charge >= 0.3 is 5.97 Å². The number of nitrogens with zero attached hydrogens (tertiary/aromatic N) is 1. The topological polar surface area (TPSA) is 50.8 Å². The third kappa shape index (κ3) is 5.84. The van der Waals surface area contributed by atoms with E-state index in [0.29, 0.717) is 17.5 Å². The van der Waals surface area contributed by atoms with Crippen molar-refractivity contribution < 1.29 is 14.3 Å². The van der Waals surface area contributed by atoms with Gasteiger partial charge in [0.25, 0.3) is 0 Å². The van der Waals surface area contributed by atoms with E-state index < -0.39 is 0 Å². The van der Waals surface area contributed by atoms with Crippen LogP contribution in [0.5, 0.6) is 11.5 Å². The summed E-state index contributed by atoms with van der Waals surface area (Å²) < 4.78 is 10.5. The van der Waals surface area contributed by atoms with E-state index in [4.69, 9.17) is 9.47 Å². The Hall–Kier alpha value is -1.01. The number of halogens is 2. The maximum atomic E-state index is 11.1. The van der Waals surface area contributed by atoms with E-state index in [-0.39, 0.29) is 30.8 Å². The maximum Gasteiger partial charge on any atom is 0.308 e. The molecule has 1 aromatic carbocycles. The van der Waals surface area contributed by atoms with Crippen LogP contribution >= 0.6 is 24.8 Å². The van der Waals surface area contributed by atoms with Gasteiger partial charge < -0.3 is 14.8 Å². The van der Waals surface area contributed by atoms with Crippen LogP contribution in [-0.2, 0) is 4.79 Å². The maximum absolute atomic E-state index is 11.1. The van der Waals surface area contributed by atoms with Crippen LogP contribution in [-0.4, -0.2) is 44.2 Å². The standard InChI is InChI=1S/C16H24N2O3.2ClH/c1-4-14(18-9-7-17-8-10-18)13-5-6-15(21-12(2)19)16(11-13)20-3;;/h5-6,11,14,17H,4,7-10H2,1-3H3;2*1H/t14-;;/m0../s1. The Morgan fingerprint density at radius 3 is 2.43 bits per heavy atom. The molecule has 0 spiro atoms. The summed E-state index contributed by atoms with van der Waals surface area (Å²) in [6, 6.07) is 6.19. The molecule has 1 atom stereocenters. The molecule has 2 rings (SSSR count). The Balaban J connectivity index is 0.00000242. The summed E-state index contributed by atoms with van der Waals surface area (Å²) in [5.41, 5.74) is 1.20. The zero-order valence-electron chi connectivity index (χ0n) is 13.8. The molecule has 0 bridgehead atoms. The van der Waals surface area contributed by atoms with Crippen molar-refractivity contribution in [1.29, 1.82) is 0 Å². The van der Waals surface area contributed by atoms with Crippen molar-refractivity contribution >= 4 is 30.8 Å². The van der Waals surface area contributed by atoms with Crippen LogP contribution in [0.15, 0.2) is 18.2 Å². The molecule has 1 aliphatic heterocycles. The monoisotopic (exact) mass is 364 g/mol. The number of nitrogens with one attached hydrogen (secondary N) is 1. The Bertz CT molecular complexity index is 494. The van der Waals surface area contributed by atoms with Crippen molar-refractivity contribution in [3.8, 4) is 11.5 Å². The summed E-state index contributed by atoms with van der Waals surface area (Å²) in [5.74, 6) is 0.746. The van der Waals surface area contributed by atoms with E-state index in [9.17, 15) is 4.79 Å². The third-order valence-corrected chi connectivity index (χ3v) is 3.81. The molecule has 1 aromatic rings. The second-order valence-electron chi connectivity index (χ2n) is 5.21. The predicted molar refractivity (Wildman–Crippen MR) is 96.3 cm³/mol. The second-order valence-corrected chi connectivity index (χ2v) is 5.21. The summed E-state index contributed by atoms with van der Waals surface area (Å²) in [4.78, 5) is 13.6.